The standard InChI is InChI=1S/C14H22O3S.2H3N/c1-4-14(5-2,18(15,16)17-6-3)12-13-10-8-7-9-11-13;;/h7-11H,4-6,12H2,1-3H3;2*1H3. The van der Waals surface area contributed by atoms with Gasteiger partial charge in [-0.1, -0.05) is 44.2 Å². The van der Waals surface area contributed by atoms with Crippen LogP contribution in [0.25, 0.3) is 0 Å². The van der Waals surface area contributed by atoms with Crippen molar-refractivity contribution in [3.05, 3.63) is 35.9 Å². The monoisotopic (exact) mass is 304 g/mol. The van der Waals surface area contributed by atoms with E-state index in [2.05, 4.69) is 0 Å². The van der Waals surface area contributed by atoms with E-state index in [4.69, 9.17) is 4.18 Å². The van der Waals surface area contributed by atoms with Gasteiger partial charge in [-0.15, -0.1) is 0 Å². The normalized spacial score (nSPS) is 11.3. The first kappa shape index (κ1) is 21.4. The molecular weight excluding hydrogens is 276 g/mol. The first-order chi connectivity index (χ1) is 8.51. The van der Waals surface area contributed by atoms with Gasteiger partial charge in [0.2, 0.25) is 0 Å². The molecule has 0 saturated carbocycles. The maximum atomic E-state index is 12.3. The van der Waals surface area contributed by atoms with E-state index >= 15 is 0 Å². The maximum absolute atomic E-state index is 12.3. The van der Waals surface area contributed by atoms with Gasteiger partial charge in [0.05, 0.1) is 6.61 Å². The molecule has 1 aromatic rings. The van der Waals surface area contributed by atoms with Crippen LogP contribution < -0.4 is 12.3 Å². The van der Waals surface area contributed by atoms with Gasteiger partial charge >= 0.3 is 0 Å². The van der Waals surface area contributed by atoms with Crippen molar-refractivity contribution in [2.75, 3.05) is 6.61 Å². The van der Waals surface area contributed by atoms with Crippen LogP contribution in [0.3, 0.4) is 0 Å². The molecule has 0 fully saturated rings. The summed E-state index contributed by atoms with van der Waals surface area (Å²) in [7, 11) is -3.53. The topological polar surface area (TPSA) is 113 Å². The van der Waals surface area contributed by atoms with Crippen molar-refractivity contribution < 1.29 is 12.6 Å². The summed E-state index contributed by atoms with van der Waals surface area (Å²) in [6.07, 6.45) is 1.62. The molecule has 0 spiro atoms. The minimum Gasteiger partial charge on any atom is -0.344 e. The SMILES string of the molecule is CCOS(=O)(=O)C(CC)(CC)Cc1ccccc1.N.N. The van der Waals surface area contributed by atoms with E-state index in [1.807, 2.05) is 44.2 Å². The average Bonchev–Trinajstić information content (AvgIpc) is 2.37. The lowest BCUT2D eigenvalue weighted by Gasteiger charge is -2.30. The zero-order valence-corrected chi connectivity index (χ0v) is 13.6. The Balaban J connectivity index is 0. The lowest BCUT2D eigenvalue weighted by atomic mass is 9.93. The van der Waals surface area contributed by atoms with Gasteiger partial charge in [-0.3, -0.25) is 4.18 Å². The largest absolute Gasteiger partial charge is 0.344 e. The molecular formula is C14H28N2O3S. The predicted octanol–water partition coefficient (Wildman–Crippen LogP) is 3.48. The number of rotatable bonds is 7. The second-order valence-electron chi connectivity index (χ2n) is 4.41. The average molecular weight is 304 g/mol. The van der Waals surface area contributed by atoms with Crippen LogP contribution in [-0.2, 0) is 20.7 Å². The molecule has 1 aromatic carbocycles. The minimum atomic E-state index is -3.53. The maximum Gasteiger partial charge on any atom is 0.273 e. The van der Waals surface area contributed by atoms with Gasteiger partial charge in [-0.25, -0.2) is 0 Å². The van der Waals surface area contributed by atoms with Crippen LogP contribution in [0.1, 0.15) is 39.2 Å². The van der Waals surface area contributed by atoms with E-state index in [1.165, 1.54) is 0 Å². The van der Waals surface area contributed by atoms with Crippen molar-refractivity contribution >= 4 is 10.1 Å². The smallest absolute Gasteiger partial charge is 0.273 e. The van der Waals surface area contributed by atoms with Crippen molar-refractivity contribution in [2.45, 2.75) is 44.8 Å². The Morgan fingerprint density at radius 2 is 1.50 bits per heavy atom. The van der Waals surface area contributed by atoms with Crippen LogP contribution in [0.5, 0.6) is 0 Å². The molecule has 6 heteroatoms. The zero-order valence-electron chi connectivity index (χ0n) is 12.8. The van der Waals surface area contributed by atoms with Gasteiger partial charge in [0.25, 0.3) is 10.1 Å². The van der Waals surface area contributed by atoms with Gasteiger partial charge in [0, 0.05) is 0 Å². The molecule has 0 aliphatic carbocycles. The Morgan fingerprint density at radius 1 is 1.00 bits per heavy atom. The Morgan fingerprint density at radius 3 is 1.90 bits per heavy atom. The molecule has 5 nitrogen and oxygen atoms in total. The first-order valence-corrected chi connectivity index (χ1v) is 7.85. The Hall–Kier alpha value is -0.950. The summed E-state index contributed by atoms with van der Waals surface area (Å²) in [6.45, 7) is 5.71. The van der Waals surface area contributed by atoms with Crippen LogP contribution in [0.15, 0.2) is 30.3 Å². The van der Waals surface area contributed by atoms with Crippen molar-refractivity contribution in [3.8, 4) is 0 Å². The fourth-order valence-corrected chi connectivity index (χ4v) is 3.80. The Bertz CT molecular complexity index is 457. The molecule has 0 amide bonds. The fraction of sp³-hybridized carbons (Fsp3) is 0.571. The summed E-state index contributed by atoms with van der Waals surface area (Å²) in [4.78, 5) is 0. The fourth-order valence-electron chi connectivity index (χ4n) is 2.19. The molecule has 0 aliphatic heterocycles. The van der Waals surface area contributed by atoms with Crippen molar-refractivity contribution in [1.82, 2.24) is 12.3 Å². The van der Waals surface area contributed by atoms with Crippen LogP contribution in [-0.4, -0.2) is 19.8 Å². The summed E-state index contributed by atoms with van der Waals surface area (Å²) in [5, 5.41) is 0. The van der Waals surface area contributed by atoms with Gasteiger partial charge in [-0.2, -0.15) is 8.42 Å². The van der Waals surface area contributed by atoms with E-state index in [0.29, 0.717) is 19.3 Å². The molecule has 0 aliphatic rings. The van der Waals surface area contributed by atoms with Crippen LogP contribution in [0.4, 0.5) is 0 Å². The van der Waals surface area contributed by atoms with E-state index in [0.717, 1.165) is 5.56 Å². The summed E-state index contributed by atoms with van der Waals surface area (Å²) < 4.78 is 28.8. The van der Waals surface area contributed by atoms with E-state index < -0.39 is 14.9 Å². The summed E-state index contributed by atoms with van der Waals surface area (Å²) >= 11 is 0. The zero-order chi connectivity index (χ0) is 13.6. The number of hydrogen-bond donors (Lipinski definition) is 2. The molecule has 0 bridgehead atoms. The first-order valence-electron chi connectivity index (χ1n) is 6.44. The molecule has 118 valence electrons. The Labute approximate surface area is 123 Å². The predicted molar refractivity (Wildman–Crippen MR) is 84.0 cm³/mol. The van der Waals surface area contributed by atoms with Crippen LogP contribution in [0.2, 0.25) is 0 Å². The van der Waals surface area contributed by atoms with Crippen molar-refractivity contribution in [3.63, 3.8) is 0 Å². The van der Waals surface area contributed by atoms with Crippen LogP contribution in [0, 0.1) is 0 Å². The van der Waals surface area contributed by atoms with Crippen molar-refractivity contribution in [2.24, 2.45) is 0 Å². The highest BCUT2D eigenvalue weighted by Crippen LogP contribution is 2.31. The minimum absolute atomic E-state index is 0. The molecule has 1 rings (SSSR count). The van der Waals surface area contributed by atoms with E-state index in [1.54, 1.807) is 6.92 Å². The van der Waals surface area contributed by atoms with Crippen molar-refractivity contribution in [1.29, 1.82) is 0 Å². The molecule has 0 saturated heterocycles. The third-order valence-corrected chi connectivity index (χ3v) is 5.79. The van der Waals surface area contributed by atoms with E-state index in [9.17, 15) is 8.42 Å². The van der Waals surface area contributed by atoms with Gasteiger partial charge < -0.3 is 12.3 Å². The second kappa shape index (κ2) is 9.07. The molecule has 0 unspecified atom stereocenters. The highest BCUT2D eigenvalue weighted by atomic mass is 32.2. The lowest BCUT2D eigenvalue weighted by molar-refractivity contribution is 0.305. The number of hydrogen-bond acceptors (Lipinski definition) is 5. The molecule has 0 heterocycles. The van der Waals surface area contributed by atoms with Gasteiger partial charge in [-0.05, 0) is 31.7 Å². The highest BCUT2D eigenvalue weighted by molar-refractivity contribution is 7.88. The highest BCUT2D eigenvalue weighted by Gasteiger charge is 2.41. The molecule has 0 aromatic heterocycles. The van der Waals surface area contributed by atoms with Gasteiger partial charge in [0.15, 0.2) is 0 Å². The summed E-state index contributed by atoms with van der Waals surface area (Å²) in [6, 6.07) is 9.71. The summed E-state index contributed by atoms with van der Waals surface area (Å²) in [5.41, 5.74) is 1.03. The molecule has 20 heavy (non-hydrogen) atoms. The third kappa shape index (κ3) is 4.56. The third-order valence-electron chi connectivity index (χ3n) is 3.46. The molecule has 0 radical (unpaired) electrons. The Kier molecular flexibility index (Phi) is 9.68. The molecule has 0 atom stereocenters. The van der Waals surface area contributed by atoms with Gasteiger partial charge in [0.1, 0.15) is 4.75 Å². The number of benzene rings is 1. The quantitative estimate of drug-likeness (QED) is 0.748. The molecule has 6 N–H and O–H groups in total. The summed E-state index contributed by atoms with van der Waals surface area (Å²) in [5.74, 6) is 0. The lowest BCUT2D eigenvalue weighted by Crippen LogP contribution is -2.41. The van der Waals surface area contributed by atoms with Crippen LogP contribution >= 0.6 is 0 Å². The van der Waals surface area contributed by atoms with E-state index in [-0.39, 0.29) is 18.9 Å². The second-order valence-corrected chi connectivity index (χ2v) is 6.42.